The molecule has 3 aromatic heterocycles. The summed E-state index contributed by atoms with van der Waals surface area (Å²) in [7, 11) is 0. The number of rotatable bonds is 5. The number of amidine groups is 1. The van der Waals surface area contributed by atoms with E-state index in [1.807, 2.05) is 23.5 Å². The second-order valence-corrected chi connectivity index (χ2v) is 15.9. The largest absolute Gasteiger partial charge is 0.456 e. The maximum absolute atomic E-state index is 6.46. The van der Waals surface area contributed by atoms with Gasteiger partial charge in [0.15, 0.2) is 0 Å². The molecule has 0 fully saturated rings. The zero-order valence-corrected chi connectivity index (χ0v) is 31.5. The van der Waals surface area contributed by atoms with E-state index < -0.39 is 0 Å². The fourth-order valence-electron chi connectivity index (χ4n) is 8.82. The third-order valence-electron chi connectivity index (χ3n) is 11.5. The van der Waals surface area contributed by atoms with Crippen LogP contribution in [0.2, 0.25) is 0 Å². The van der Waals surface area contributed by atoms with Crippen molar-refractivity contribution in [2.24, 2.45) is 4.99 Å². The standard InChI is InChI=1S/C51H34N4OS/c1-3-12-31(13-4-1)49-52-50(32-14-5-2-6-15-32)54-51(53-49)34-23-26-45-40(29-34)39-28-33(22-25-44(39)56-45)36-18-11-21-47-48(36)41-30-35(24-27-46(41)57-47)55-42-19-9-7-16-37(42)38-17-8-10-20-43(38)55/h1-30,49-50,52H,(H,53,54). The van der Waals surface area contributed by atoms with Crippen molar-refractivity contribution in [3.8, 4) is 16.8 Å². The van der Waals surface area contributed by atoms with Crippen molar-refractivity contribution >= 4 is 81.1 Å². The fraction of sp³-hybridized carbons (Fsp3) is 0.0392. The maximum Gasteiger partial charge on any atom is 0.135 e. The van der Waals surface area contributed by atoms with Gasteiger partial charge < -0.3 is 14.3 Å². The molecule has 6 heteroatoms. The van der Waals surface area contributed by atoms with Gasteiger partial charge in [-0.15, -0.1) is 11.3 Å². The Bertz CT molecular complexity index is 3320. The van der Waals surface area contributed by atoms with Crippen molar-refractivity contribution in [1.29, 1.82) is 0 Å². The van der Waals surface area contributed by atoms with Crippen LogP contribution < -0.4 is 10.6 Å². The van der Waals surface area contributed by atoms with E-state index in [4.69, 9.17) is 9.41 Å². The predicted octanol–water partition coefficient (Wildman–Crippen LogP) is 13.1. The average Bonchev–Trinajstić information content (AvgIpc) is 3.95. The number of benzene rings is 8. The second kappa shape index (κ2) is 12.8. The van der Waals surface area contributed by atoms with Gasteiger partial charge in [0.1, 0.15) is 29.3 Å². The van der Waals surface area contributed by atoms with Gasteiger partial charge in [-0.25, -0.2) is 4.99 Å². The van der Waals surface area contributed by atoms with Gasteiger partial charge in [0, 0.05) is 53.0 Å². The van der Waals surface area contributed by atoms with Crippen LogP contribution in [0, 0.1) is 0 Å². The molecule has 2 atom stereocenters. The highest BCUT2D eigenvalue weighted by Crippen LogP contribution is 2.43. The predicted molar refractivity (Wildman–Crippen MR) is 238 cm³/mol. The van der Waals surface area contributed by atoms with Gasteiger partial charge in [-0.2, -0.15) is 0 Å². The Morgan fingerprint density at radius 2 is 1.16 bits per heavy atom. The van der Waals surface area contributed by atoms with Crippen molar-refractivity contribution in [3.63, 3.8) is 0 Å². The minimum absolute atomic E-state index is 0.108. The van der Waals surface area contributed by atoms with E-state index in [2.05, 4.69) is 185 Å². The lowest BCUT2D eigenvalue weighted by molar-refractivity contribution is 0.409. The highest BCUT2D eigenvalue weighted by molar-refractivity contribution is 7.26. The van der Waals surface area contributed by atoms with E-state index in [0.29, 0.717) is 0 Å². The van der Waals surface area contributed by atoms with Crippen molar-refractivity contribution < 1.29 is 4.42 Å². The molecule has 4 heterocycles. The van der Waals surface area contributed by atoms with E-state index in [0.717, 1.165) is 55.7 Å². The van der Waals surface area contributed by atoms with E-state index >= 15 is 0 Å². The first-order valence-corrected chi connectivity index (χ1v) is 20.2. The lowest BCUT2D eigenvalue weighted by Crippen LogP contribution is -2.44. The Hall–Kier alpha value is -6.99. The number of thiophene rings is 1. The van der Waals surface area contributed by atoms with Crippen LogP contribution in [-0.4, -0.2) is 10.4 Å². The molecular weight excluding hydrogens is 717 g/mol. The molecule has 0 spiro atoms. The molecule has 2 N–H and O–H groups in total. The van der Waals surface area contributed by atoms with Crippen LogP contribution in [0.15, 0.2) is 191 Å². The molecule has 5 nitrogen and oxygen atoms in total. The summed E-state index contributed by atoms with van der Waals surface area (Å²) in [5.41, 5.74) is 11.0. The molecule has 0 saturated heterocycles. The van der Waals surface area contributed by atoms with Gasteiger partial charge in [0.05, 0.1) is 11.0 Å². The number of para-hydroxylation sites is 2. The normalized spacial score (nSPS) is 15.9. The highest BCUT2D eigenvalue weighted by Gasteiger charge is 2.26. The van der Waals surface area contributed by atoms with Crippen LogP contribution in [0.3, 0.4) is 0 Å². The Balaban J connectivity index is 0.991. The van der Waals surface area contributed by atoms with Crippen LogP contribution in [-0.2, 0) is 0 Å². The first-order chi connectivity index (χ1) is 28.2. The summed E-state index contributed by atoms with van der Waals surface area (Å²) in [6, 6.07) is 65.0. The monoisotopic (exact) mass is 750 g/mol. The molecule has 11 aromatic rings. The van der Waals surface area contributed by atoms with E-state index in [1.165, 1.54) is 47.5 Å². The summed E-state index contributed by atoms with van der Waals surface area (Å²) in [4.78, 5) is 5.21. The summed E-state index contributed by atoms with van der Waals surface area (Å²) in [6.45, 7) is 0. The summed E-state index contributed by atoms with van der Waals surface area (Å²) in [5.74, 6) is 0.845. The minimum Gasteiger partial charge on any atom is -0.456 e. The summed E-state index contributed by atoms with van der Waals surface area (Å²) >= 11 is 1.85. The van der Waals surface area contributed by atoms with Gasteiger partial charge in [-0.05, 0) is 89.0 Å². The van der Waals surface area contributed by atoms with Crippen LogP contribution in [0.1, 0.15) is 29.0 Å². The fourth-order valence-corrected chi connectivity index (χ4v) is 9.93. The molecular formula is C51H34N4OS. The molecule has 0 radical (unpaired) electrons. The molecule has 1 aliphatic heterocycles. The van der Waals surface area contributed by atoms with Crippen molar-refractivity contribution in [3.05, 3.63) is 199 Å². The molecule has 0 amide bonds. The smallest absolute Gasteiger partial charge is 0.135 e. The third-order valence-corrected chi connectivity index (χ3v) is 12.6. The van der Waals surface area contributed by atoms with Gasteiger partial charge in [-0.1, -0.05) is 115 Å². The SMILES string of the molecule is c1ccc(C2N=C(c3ccc4oc5ccc(-c6cccc7sc8ccc(-n9c%10ccccc%10c%10ccccc%109)cc8c67)cc5c4c3)NC(c3ccccc3)N2)cc1. The summed E-state index contributed by atoms with van der Waals surface area (Å²) < 4.78 is 11.4. The Morgan fingerprint density at radius 3 is 1.89 bits per heavy atom. The number of hydrogen-bond donors (Lipinski definition) is 2. The molecule has 0 bridgehead atoms. The number of aromatic nitrogens is 1. The van der Waals surface area contributed by atoms with Crippen molar-refractivity contribution in [1.82, 2.24) is 15.2 Å². The Kier molecular flexibility index (Phi) is 7.24. The van der Waals surface area contributed by atoms with Crippen LogP contribution >= 0.6 is 11.3 Å². The molecule has 2 unspecified atom stereocenters. The lowest BCUT2D eigenvalue weighted by Gasteiger charge is -2.32. The summed E-state index contributed by atoms with van der Waals surface area (Å²) in [6.07, 6.45) is -0.309. The topological polar surface area (TPSA) is 54.5 Å². The molecule has 1 aliphatic rings. The number of aliphatic imine (C=N–C) groups is 1. The number of nitrogens with one attached hydrogen (secondary N) is 2. The Labute approximate surface area is 332 Å². The second-order valence-electron chi connectivity index (χ2n) is 14.8. The highest BCUT2D eigenvalue weighted by atomic mass is 32.1. The minimum atomic E-state index is -0.201. The average molecular weight is 751 g/mol. The zero-order valence-electron chi connectivity index (χ0n) is 30.7. The van der Waals surface area contributed by atoms with E-state index in [-0.39, 0.29) is 12.3 Å². The molecule has 8 aromatic carbocycles. The first kappa shape index (κ1) is 32.3. The van der Waals surface area contributed by atoms with Crippen molar-refractivity contribution in [2.45, 2.75) is 12.3 Å². The Morgan fingerprint density at radius 1 is 0.509 bits per heavy atom. The number of nitrogens with zero attached hydrogens (tertiary/aromatic N) is 2. The third kappa shape index (κ3) is 5.22. The molecule has 0 aliphatic carbocycles. The molecule has 0 saturated carbocycles. The van der Waals surface area contributed by atoms with Gasteiger partial charge in [-0.3, -0.25) is 5.32 Å². The lowest BCUT2D eigenvalue weighted by atomic mass is 9.97. The van der Waals surface area contributed by atoms with E-state index in [1.54, 1.807) is 0 Å². The zero-order chi connectivity index (χ0) is 37.5. The van der Waals surface area contributed by atoms with Gasteiger partial charge >= 0.3 is 0 Å². The molecule has 57 heavy (non-hydrogen) atoms. The summed E-state index contributed by atoms with van der Waals surface area (Å²) in [5, 5.41) is 14.6. The molecule has 270 valence electrons. The van der Waals surface area contributed by atoms with Crippen LogP contribution in [0.5, 0.6) is 0 Å². The van der Waals surface area contributed by atoms with Gasteiger partial charge in [0.2, 0.25) is 0 Å². The molecule has 12 rings (SSSR count). The quantitative estimate of drug-likeness (QED) is 0.184. The van der Waals surface area contributed by atoms with Crippen molar-refractivity contribution in [2.75, 3.05) is 0 Å². The van der Waals surface area contributed by atoms with Crippen LogP contribution in [0.25, 0.3) is 80.7 Å². The van der Waals surface area contributed by atoms with E-state index in [9.17, 15) is 0 Å². The van der Waals surface area contributed by atoms with Crippen LogP contribution in [0.4, 0.5) is 0 Å². The number of fused-ring (bicyclic) bond motifs is 9. The number of furan rings is 1. The maximum atomic E-state index is 6.46. The van der Waals surface area contributed by atoms with Gasteiger partial charge in [0.25, 0.3) is 0 Å². The first-order valence-electron chi connectivity index (χ1n) is 19.3. The number of hydrogen-bond acceptors (Lipinski definition) is 5.